The number of carboxylic acids is 1. The number of benzene rings is 1. The Hall–Kier alpha value is -3.45. The van der Waals surface area contributed by atoms with Crippen molar-refractivity contribution in [1.29, 1.82) is 0 Å². The van der Waals surface area contributed by atoms with Crippen LogP contribution in [0.5, 0.6) is 5.75 Å². The van der Waals surface area contributed by atoms with Gasteiger partial charge in [-0.2, -0.15) is 17.5 Å². The number of fused-ring (bicyclic) bond motifs is 1. The lowest BCUT2D eigenvalue weighted by Gasteiger charge is -2.29. The van der Waals surface area contributed by atoms with E-state index in [9.17, 15) is 49.1 Å². The molecule has 2 aliphatic heterocycles. The van der Waals surface area contributed by atoms with Crippen molar-refractivity contribution >= 4 is 33.8 Å². The van der Waals surface area contributed by atoms with E-state index in [1.165, 1.54) is 14.0 Å². The van der Waals surface area contributed by atoms with Gasteiger partial charge in [0.2, 0.25) is 21.8 Å². The van der Waals surface area contributed by atoms with Crippen molar-refractivity contribution in [2.24, 2.45) is 11.8 Å². The van der Waals surface area contributed by atoms with E-state index < -0.39 is 75.5 Å². The zero-order chi connectivity index (χ0) is 31.7. The Morgan fingerprint density at radius 2 is 1.61 bits per heavy atom. The van der Waals surface area contributed by atoms with Gasteiger partial charge in [-0.15, -0.1) is 13.2 Å². The van der Waals surface area contributed by atoms with E-state index in [1.807, 2.05) is 0 Å². The minimum Gasteiger partial charge on any atom is -0.475 e. The number of hydrogen-bond donors (Lipinski definition) is 2. The molecule has 1 aromatic carbocycles. The average molecular weight is 622 g/mol. The fourth-order valence-electron chi connectivity index (χ4n) is 4.55. The van der Waals surface area contributed by atoms with Crippen LogP contribution in [0.2, 0.25) is 0 Å². The summed E-state index contributed by atoms with van der Waals surface area (Å²) in [4.78, 5) is 47.5. The molecule has 2 N–H and O–H groups in total. The monoisotopic (exact) mass is 621 g/mol. The molecule has 0 unspecified atom stereocenters. The number of amides is 2. The maximum atomic E-state index is 13.2. The fourth-order valence-corrected chi connectivity index (χ4v) is 6.02. The topological polar surface area (TPSA) is 160 Å². The van der Waals surface area contributed by atoms with Crippen molar-refractivity contribution < 1.29 is 68.5 Å². The predicted molar refractivity (Wildman–Crippen MR) is 123 cm³/mol. The van der Waals surface area contributed by atoms with Crippen LogP contribution in [-0.4, -0.2) is 97.8 Å². The molecular weight excluding hydrogens is 596 g/mol. The molecule has 41 heavy (non-hydrogen) atoms. The van der Waals surface area contributed by atoms with E-state index in [2.05, 4.69) is 10.1 Å². The molecule has 3 rings (SSSR count). The number of carbonyl (C=O) groups excluding carboxylic acids is 3. The number of carboxylic acid groups (broad SMARTS) is 1. The van der Waals surface area contributed by atoms with Crippen LogP contribution in [0.3, 0.4) is 0 Å². The van der Waals surface area contributed by atoms with E-state index in [-0.39, 0.29) is 18.0 Å². The number of sulfonamides is 1. The molecule has 19 heteroatoms. The number of hydrogen-bond acceptors (Lipinski definition) is 9. The Labute approximate surface area is 229 Å². The molecule has 0 aliphatic carbocycles. The molecule has 1 aromatic rings. The number of likely N-dealkylation sites (tertiary alicyclic amines) is 1. The van der Waals surface area contributed by atoms with Gasteiger partial charge < -0.3 is 14.6 Å². The van der Waals surface area contributed by atoms with Gasteiger partial charge >= 0.3 is 24.5 Å². The molecule has 0 spiro atoms. The van der Waals surface area contributed by atoms with Crippen molar-refractivity contribution in [2.45, 2.75) is 42.9 Å². The highest BCUT2D eigenvalue weighted by Gasteiger charge is 2.66. The summed E-state index contributed by atoms with van der Waals surface area (Å²) in [6.45, 7) is 2.63. The van der Waals surface area contributed by atoms with Crippen molar-refractivity contribution in [3.63, 3.8) is 0 Å². The van der Waals surface area contributed by atoms with Gasteiger partial charge in [-0.3, -0.25) is 24.6 Å². The SMILES string of the molecule is CCN(C[C@H]1N[C@@](C)(C(=O)OC)[C@H]2C(=O)N(C)C(=O)[C@@H]12)S(=O)(=O)c1ccc(OC(F)(F)F)cc1.O=C(O)C(F)(F)F. The summed E-state index contributed by atoms with van der Waals surface area (Å²) in [6.07, 6.45) is -10.0. The molecule has 2 amide bonds. The maximum Gasteiger partial charge on any atom is 0.573 e. The number of halogens is 6. The fraction of sp³-hybridized carbons (Fsp3) is 0.545. The van der Waals surface area contributed by atoms with Gasteiger partial charge in [-0.25, -0.2) is 13.2 Å². The van der Waals surface area contributed by atoms with E-state index in [0.29, 0.717) is 0 Å². The van der Waals surface area contributed by atoms with E-state index in [4.69, 9.17) is 14.6 Å². The molecular formula is C22H25F6N3O9S. The standard InChI is InChI=1S/C20H24F3N3O7S.C2HF3O2/c1-5-26(34(30,31)12-8-6-11(7-9-12)33-20(21,22)23)10-13-14-15(17(28)25(3)16(14)27)19(2,24-13)18(29)32-4;3-2(4,5)1(6)7/h6-9,13-15,24H,5,10H2,1-4H3;(H,6,7)/t13-,14+,15-,19-;/m1./s1. The van der Waals surface area contributed by atoms with Gasteiger partial charge in [-0.05, 0) is 31.2 Å². The van der Waals surface area contributed by atoms with E-state index in [0.717, 1.165) is 40.6 Å². The maximum absolute atomic E-state index is 13.2. The second-order valence-electron chi connectivity index (χ2n) is 8.96. The Kier molecular flexibility index (Phi) is 9.72. The second kappa shape index (κ2) is 11.8. The quantitative estimate of drug-likeness (QED) is 0.259. The number of aliphatic carboxylic acids is 1. The highest BCUT2D eigenvalue weighted by molar-refractivity contribution is 7.89. The van der Waals surface area contributed by atoms with Gasteiger partial charge in [-0.1, -0.05) is 6.92 Å². The number of ether oxygens (including phenoxy) is 2. The average Bonchev–Trinajstić information content (AvgIpc) is 3.28. The predicted octanol–water partition coefficient (Wildman–Crippen LogP) is 1.36. The lowest BCUT2D eigenvalue weighted by Crippen LogP contribution is -2.56. The first kappa shape index (κ1) is 33.8. The third kappa shape index (κ3) is 7.07. The lowest BCUT2D eigenvalue weighted by molar-refractivity contribution is -0.274. The first-order valence-corrected chi connectivity index (χ1v) is 12.9. The van der Waals surface area contributed by atoms with Crippen LogP contribution in [0, 0.1) is 11.8 Å². The van der Waals surface area contributed by atoms with Gasteiger partial charge in [0.05, 0.1) is 23.8 Å². The summed E-state index contributed by atoms with van der Waals surface area (Å²) in [5.74, 6) is -7.33. The molecule has 230 valence electrons. The van der Waals surface area contributed by atoms with Crippen LogP contribution < -0.4 is 10.1 Å². The Balaban J connectivity index is 0.000000745. The molecule has 4 atom stereocenters. The number of likely N-dealkylation sites (N-methyl/N-ethyl adjacent to an activating group) is 1. The van der Waals surface area contributed by atoms with Crippen molar-refractivity contribution in [3.05, 3.63) is 24.3 Å². The number of nitrogens with one attached hydrogen (secondary N) is 1. The van der Waals surface area contributed by atoms with Crippen LogP contribution in [0.25, 0.3) is 0 Å². The summed E-state index contributed by atoms with van der Waals surface area (Å²) in [5.41, 5.74) is -1.55. The molecule has 0 aromatic heterocycles. The summed E-state index contributed by atoms with van der Waals surface area (Å²) in [5, 5.41) is 10.1. The van der Waals surface area contributed by atoms with Crippen LogP contribution in [-0.2, 0) is 33.9 Å². The number of imide groups is 1. The number of esters is 1. The number of nitrogens with zero attached hydrogens (tertiary/aromatic N) is 2. The third-order valence-electron chi connectivity index (χ3n) is 6.41. The highest BCUT2D eigenvalue weighted by atomic mass is 32.2. The molecule has 0 bridgehead atoms. The zero-order valence-corrected chi connectivity index (χ0v) is 22.6. The molecule has 2 fully saturated rings. The summed E-state index contributed by atoms with van der Waals surface area (Å²) in [6, 6.07) is 2.79. The Morgan fingerprint density at radius 3 is 2.02 bits per heavy atom. The molecule has 2 saturated heterocycles. The molecule has 2 aliphatic rings. The third-order valence-corrected chi connectivity index (χ3v) is 8.37. The molecule has 0 radical (unpaired) electrons. The number of carbonyl (C=O) groups is 4. The summed E-state index contributed by atoms with van der Waals surface area (Å²) >= 11 is 0. The van der Waals surface area contributed by atoms with E-state index in [1.54, 1.807) is 6.92 Å². The van der Waals surface area contributed by atoms with Gasteiger partial charge in [0.1, 0.15) is 11.3 Å². The smallest absolute Gasteiger partial charge is 0.475 e. The lowest BCUT2D eigenvalue weighted by atomic mass is 9.81. The minimum absolute atomic E-state index is 0.0500. The Morgan fingerprint density at radius 1 is 1.10 bits per heavy atom. The largest absolute Gasteiger partial charge is 0.573 e. The minimum atomic E-state index is -5.08. The molecule has 12 nitrogen and oxygen atoms in total. The Bertz CT molecular complexity index is 1290. The van der Waals surface area contributed by atoms with Crippen LogP contribution in [0.15, 0.2) is 29.2 Å². The first-order chi connectivity index (χ1) is 18.6. The van der Waals surface area contributed by atoms with Gasteiger partial charge in [0, 0.05) is 26.2 Å². The number of alkyl halides is 6. The zero-order valence-electron chi connectivity index (χ0n) is 21.7. The number of rotatable bonds is 7. The van der Waals surface area contributed by atoms with Crippen LogP contribution in [0.4, 0.5) is 26.3 Å². The first-order valence-electron chi connectivity index (χ1n) is 11.4. The molecule has 2 heterocycles. The second-order valence-corrected chi connectivity index (χ2v) is 10.9. The highest BCUT2D eigenvalue weighted by Crippen LogP contribution is 2.43. The van der Waals surface area contributed by atoms with Crippen molar-refractivity contribution in [1.82, 2.24) is 14.5 Å². The van der Waals surface area contributed by atoms with Gasteiger partial charge in [0.25, 0.3) is 0 Å². The summed E-state index contributed by atoms with van der Waals surface area (Å²) in [7, 11) is -1.78. The van der Waals surface area contributed by atoms with Gasteiger partial charge in [0.15, 0.2) is 0 Å². The molecule has 0 saturated carbocycles. The normalized spacial score (nSPS) is 24.6. The van der Waals surface area contributed by atoms with Crippen molar-refractivity contribution in [3.8, 4) is 5.75 Å². The summed E-state index contributed by atoms with van der Waals surface area (Å²) < 4.78 is 105. The van der Waals surface area contributed by atoms with Crippen molar-refractivity contribution in [2.75, 3.05) is 27.2 Å². The number of methoxy groups -OCH3 is 1. The van der Waals surface area contributed by atoms with Crippen LogP contribution >= 0.6 is 0 Å². The van der Waals surface area contributed by atoms with Crippen LogP contribution in [0.1, 0.15) is 13.8 Å². The van der Waals surface area contributed by atoms with E-state index >= 15 is 0 Å².